The molecule has 150 valence electrons. The highest BCUT2D eigenvalue weighted by Crippen LogP contribution is 2.30. The lowest BCUT2D eigenvalue weighted by atomic mass is 10.1. The van der Waals surface area contributed by atoms with E-state index >= 15 is 0 Å². The Morgan fingerprint density at radius 2 is 1.66 bits per heavy atom. The van der Waals surface area contributed by atoms with Crippen molar-refractivity contribution in [3.63, 3.8) is 0 Å². The Morgan fingerprint density at radius 3 is 2.38 bits per heavy atom. The van der Waals surface area contributed by atoms with Gasteiger partial charge in [0.05, 0.1) is 0 Å². The lowest BCUT2D eigenvalue weighted by Crippen LogP contribution is -2.56. The molecule has 0 aliphatic heterocycles. The molecule has 3 aromatic carbocycles. The third-order valence-electron chi connectivity index (χ3n) is 4.00. The summed E-state index contributed by atoms with van der Waals surface area (Å²) < 4.78 is -0.913. The quantitative estimate of drug-likeness (QED) is 0.157. The van der Waals surface area contributed by atoms with Crippen LogP contribution in [-0.2, 0) is 0 Å². The van der Waals surface area contributed by atoms with Crippen molar-refractivity contribution in [2.45, 2.75) is 9.96 Å². The van der Waals surface area contributed by atoms with Gasteiger partial charge in [0.1, 0.15) is 6.17 Å². The van der Waals surface area contributed by atoms with Crippen molar-refractivity contribution in [2.75, 3.05) is 5.32 Å². The topological polar surface area (TPSA) is 53.2 Å². The summed E-state index contributed by atoms with van der Waals surface area (Å²) in [5.41, 5.74) is 1.25. The Balaban J connectivity index is 1.74. The zero-order valence-electron chi connectivity index (χ0n) is 14.8. The third-order valence-corrected chi connectivity index (χ3v) is 5.55. The first kappa shape index (κ1) is 22.4. The average Bonchev–Trinajstić information content (AvgIpc) is 2.67. The number of carbonyl (C=O) groups is 1. The van der Waals surface area contributed by atoms with Gasteiger partial charge in [0, 0.05) is 20.2 Å². The minimum atomic E-state index is -1.83. The van der Waals surface area contributed by atoms with Gasteiger partial charge in [-0.05, 0) is 64.5 Å². The molecule has 0 bridgehead atoms. The zero-order valence-corrected chi connectivity index (χ0v) is 20.0. The average molecular weight is 579 g/mol. The van der Waals surface area contributed by atoms with Crippen molar-refractivity contribution in [1.82, 2.24) is 10.6 Å². The first-order chi connectivity index (χ1) is 13.7. The van der Waals surface area contributed by atoms with Crippen LogP contribution >= 0.6 is 69.6 Å². The van der Waals surface area contributed by atoms with Crippen LogP contribution in [-0.4, -0.2) is 21.0 Å². The molecule has 1 amide bonds. The Kier molecular flexibility index (Phi) is 7.45. The first-order valence-electron chi connectivity index (χ1n) is 8.42. The number of rotatable bonds is 4. The van der Waals surface area contributed by atoms with Gasteiger partial charge < -0.3 is 16.0 Å². The molecule has 0 radical (unpaired) electrons. The molecular formula is C20H15Cl3IN3OS. The molecule has 0 aliphatic carbocycles. The molecule has 0 fully saturated rings. The molecule has 29 heavy (non-hydrogen) atoms. The maximum Gasteiger partial charge on any atom is 0.253 e. The highest BCUT2D eigenvalue weighted by Gasteiger charge is 2.35. The number of halogens is 4. The highest BCUT2D eigenvalue weighted by atomic mass is 127. The number of alkyl halides is 3. The monoisotopic (exact) mass is 577 g/mol. The summed E-state index contributed by atoms with van der Waals surface area (Å²) in [4.78, 5) is 12.6. The largest absolute Gasteiger partial charge is 0.339 e. The van der Waals surface area contributed by atoms with E-state index in [0.717, 1.165) is 20.0 Å². The van der Waals surface area contributed by atoms with E-state index < -0.39 is 9.96 Å². The molecular weight excluding hydrogens is 564 g/mol. The van der Waals surface area contributed by atoms with Crippen LogP contribution in [0.4, 0.5) is 5.69 Å². The standard InChI is InChI=1S/C20H15Cl3IN3OS/c21-20(22,23)18(26-17(28)13-7-3-8-14(24)11-13)27-19(29)25-16-10-4-6-12-5-1-2-9-15(12)16/h1-11,18H,(H,26,28)(H2,25,27,29). The van der Waals surface area contributed by atoms with Crippen molar-refractivity contribution in [2.24, 2.45) is 0 Å². The Hall–Kier alpha value is -1.32. The summed E-state index contributed by atoms with van der Waals surface area (Å²) in [5.74, 6) is -0.389. The molecule has 1 atom stereocenters. The predicted octanol–water partition coefficient (Wildman–Crippen LogP) is 5.86. The maximum absolute atomic E-state index is 12.6. The fraction of sp³-hybridized carbons (Fsp3) is 0.100. The molecule has 0 heterocycles. The van der Waals surface area contributed by atoms with Gasteiger partial charge in [0.15, 0.2) is 5.11 Å². The Bertz CT molecular complexity index is 1050. The Morgan fingerprint density at radius 1 is 0.966 bits per heavy atom. The zero-order chi connectivity index (χ0) is 21.0. The molecule has 3 N–H and O–H groups in total. The number of amides is 1. The SMILES string of the molecule is O=C(NC(NC(=S)Nc1cccc2ccccc12)C(Cl)(Cl)Cl)c1cccc(I)c1. The lowest BCUT2D eigenvalue weighted by Gasteiger charge is -2.28. The van der Waals surface area contributed by atoms with Crippen molar-refractivity contribution < 1.29 is 4.79 Å². The van der Waals surface area contributed by atoms with E-state index in [1.165, 1.54) is 0 Å². The number of nitrogens with one attached hydrogen (secondary N) is 3. The molecule has 3 aromatic rings. The first-order valence-corrected chi connectivity index (χ1v) is 11.0. The summed E-state index contributed by atoms with van der Waals surface area (Å²) in [5, 5.41) is 10.9. The second kappa shape index (κ2) is 9.66. The lowest BCUT2D eigenvalue weighted by molar-refractivity contribution is 0.0934. The minimum absolute atomic E-state index is 0.209. The van der Waals surface area contributed by atoms with Crippen molar-refractivity contribution in [1.29, 1.82) is 0 Å². The number of thiocarbonyl (C=S) groups is 1. The van der Waals surface area contributed by atoms with Gasteiger partial charge in [0.25, 0.3) is 5.91 Å². The van der Waals surface area contributed by atoms with Crippen molar-refractivity contribution in [3.05, 3.63) is 75.9 Å². The number of hydrogen-bond acceptors (Lipinski definition) is 2. The number of fused-ring (bicyclic) bond motifs is 1. The smallest absolute Gasteiger partial charge is 0.253 e. The van der Waals surface area contributed by atoms with Gasteiger partial charge in [-0.1, -0.05) is 77.3 Å². The van der Waals surface area contributed by atoms with Crippen LogP contribution in [0.25, 0.3) is 10.8 Å². The van der Waals surface area contributed by atoms with Crippen LogP contribution in [0, 0.1) is 3.57 Å². The number of hydrogen-bond donors (Lipinski definition) is 3. The number of anilines is 1. The third kappa shape index (κ3) is 6.08. The molecule has 0 saturated carbocycles. The van der Waals surface area contributed by atoms with Crippen LogP contribution in [0.3, 0.4) is 0 Å². The van der Waals surface area contributed by atoms with E-state index in [4.69, 9.17) is 47.0 Å². The predicted molar refractivity (Wildman–Crippen MR) is 134 cm³/mol. The number of carbonyl (C=O) groups excluding carboxylic acids is 1. The van der Waals surface area contributed by atoms with Gasteiger partial charge in [0.2, 0.25) is 3.79 Å². The maximum atomic E-state index is 12.6. The fourth-order valence-electron chi connectivity index (χ4n) is 2.67. The van der Waals surface area contributed by atoms with Crippen LogP contribution in [0.5, 0.6) is 0 Å². The van der Waals surface area contributed by atoms with E-state index in [-0.39, 0.29) is 11.0 Å². The van der Waals surface area contributed by atoms with Gasteiger partial charge in [-0.15, -0.1) is 0 Å². The molecule has 4 nitrogen and oxygen atoms in total. The number of benzene rings is 3. The van der Waals surface area contributed by atoms with Gasteiger partial charge in [-0.3, -0.25) is 4.79 Å². The van der Waals surface area contributed by atoms with E-state index in [1.54, 1.807) is 18.2 Å². The highest BCUT2D eigenvalue weighted by molar-refractivity contribution is 14.1. The van der Waals surface area contributed by atoms with E-state index in [0.29, 0.717) is 5.56 Å². The molecule has 3 rings (SSSR count). The van der Waals surface area contributed by atoms with Gasteiger partial charge in [-0.2, -0.15) is 0 Å². The Labute approximate surface area is 202 Å². The molecule has 0 aliphatic rings. The normalized spacial score (nSPS) is 12.3. The van der Waals surface area contributed by atoms with Crippen LogP contribution in [0.2, 0.25) is 0 Å². The molecule has 1 unspecified atom stereocenters. The van der Waals surface area contributed by atoms with Gasteiger partial charge in [-0.25, -0.2) is 0 Å². The molecule has 0 saturated heterocycles. The summed E-state index contributed by atoms with van der Waals surface area (Å²) in [6, 6.07) is 20.8. The van der Waals surface area contributed by atoms with Crippen LogP contribution in [0.15, 0.2) is 66.7 Å². The minimum Gasteiger partial charge on any atom is -0.339 e. The van der Waals surface area contributed by atoms with Gasteiger partial charge >= 0.3 is 0 Å². The second-order valence-corrected chi connectivity index (χ2v) is 10.1. The summed E-state index contributed by atoms with van der Waals surface area (Å²) in [6.45, 7) is 0. The van der Waals surface area contributed by atoms with E-state index in [2.05, 4.69) is 38.5 Å². The van der Waals surface area contributed by atoms with Crippen LogP contribution < -0.4 is 16.0 Å². The molecule has 0 aromatic heterocycles. The fourth-order valence-corrected chi connectivity index (χ4v) is 3.77. The molecule has 9 heteroatoms. The van der Waals surface area contributed by atoms with Crippen molar-refractivity contribution >= 4 is 97.1 Å². The van der Waals surface area contributed by atoms with Crippen molar-refractivity contribution in [3.8, 4) is 0 Å². The van der Waals surface area contributed by atoms with E-state index in [1.807, 2.05) is 48.5 Å². The summed E-state index contributed by atoms with van der Waals surface area (Å²) >= 11 is 25.7. The van der Waals surface area contributed by atoms with Crippen LogP contribution in [0.1, 0.15) is 10.4 Å². The summed E-state index contributed by atoms with van der Waals surface area (Å²) in [6.07, 6.45) is -1.05. The molecule has 0 spiro atoms. The second-order valence-electron chi connectivity index (χ2n) is 6.08. The summed E-state index contributed by atoms with van der Waals surface area (Å²) in [7, 11) is 0. The van der Waals surface area contributed by atoms with E-state index in [9.17, 15) is 4.79 Å².